The van der Waals surface area contributed by atoms with Gasteiger partial charge < -0.3 is 15.5 Å². The second kappa shape index (κ2) is 12.5. The predicted molar refractivity (Wildman–Crippen MR) is 131 cm³/mol. The number of nitrogens with one attached hydrogen (secondary N) is 3. The maximum Gasteiger partial charge on any atom is 0.267 e. The summed E-state index contributed by atoms with van der Waals surface area (Å²) >= 11 is 0. The SMILES string of the molecule is O=C(C=Cc1ccc(C(=O)N(CC(=O)Nc2ccccc2)CC(=O)Nc2ccccc2)cc1)NO. The highest BCUT2D eigenvalue weighted by Gasteiger charge is 2.22. The zero-order chi connectivity index (χ0) is 25.0. The van der Waals surface area contributed by atoms with Crippen molar-refractivity contribution in [2.75, 3.05) is 23.7 Å². The van der Waals surface area contributed by atoms with Gasteiger partial charge in [-0.15, -0.1) is 0 Å². The first kappa shape index (κ1) is 24.9. The molecule has 3 aromatic rings. The standard InChI is InChI=1S/C26H24N4O5/c31-23(29-35)16-13-19-11-14-20(15-12-19)26(34)30(17-24(32)27-21-7-3-1-4-8-21)18-25(33)28-22-9-5-2-6-10-22/h1-16,35H,17-18H2,(H,27,32)(H,28,33)(H,29,31). The molecule has 9 heteroatoms. The Morgan fingerprint density at radius 3 is 1.66 bits per heavy atom. The average Bonchev–Trinajstić information content (AvgIpc) is 2.88. The molecule has 0 aliphatic rings. The van der Waals surface area contributed by atoms with Crippen LogP contribution < -0.4 is 16.1 Å². The Labute approximate surface area is 202 Å². The number of amides is 4. The maximum absolute atomic E-state index is 13.2. The first-order valence-corrected chi connectivity index (χ1v) is 10.7. The fraction of sp³-hybridized carbons (Fsp3) is 0.0769. The number of carbonyl (C=O) groups excluding carboxylic acids is 4. The zero-order valence-electron chi connectivity index (χ0n) is 18.7. The van der Waals surface area contributed by atoms with Crippen molar-refractivity contribution in [3.63, 3.8) is 0 Å². The van der Waals surface area contributed by atoms with Crippen molar-refractivity contribution in [3.05, 3.63) is 102 Å². The lowest BCUT2D eigenvalue weighted by Gasteiger charge is -2.22. The zero-order valence-corrected chi connectivity index (χ0v) is 18.7. The monoisotopic (exact) mass is 472 g/mol. The van der Waals surface area contributed by atoms with E-state index in [2.05, 4.69) is 10.6 Å². The van der Waals surface area contributed by atoms with Crippen LogP contribution in [0.25, 0.3) is 6.08 Å². The minimum absolute atomic E-state index is 0.258. The van der Waals surface area contributed by atoms with Gasteiger partial charge in [-0.25, -0.2) is 5.48 Å². The highest BCUT2D eigenvalue weighted by atomic mass is 16.5. The summed E-state index contributed by atoms with van der Waals surface area (Å²) in [5.74, 6) is -2.11. The highest BCUT2D eigenvalue weighted by molar-refractivity contribution is 6.02. The predicted octanol–water partition coefficient (Wildman–Crippen LogP) is 2.92. The Morgan fingerprint density at radius 2 is 1.20 bits per heavy atom. The molecule has 0 saturated heterocycles. The van der Waals surface area contributed by atoms with Gasteiger partial charge in [-0.2, -0.15) is 0 Å². The molecule has 178 valence electrons. The Hall–Kier alpha value is -4.76. The van der Waals surface area contributed by atoms with Gasteiger partial charge in [0.1, 0.15) is 13.1 Å². The summed E-state index contributed by atoms with van der Waals surface area (Å²) in [5, 5.41) is 14.0. The van der Waals surface area contributed by atoms with Crippen LogP contribution in [-0.4, -0.2) is 46.8 Å². The molecule has 0 unspecified atom stereocenters. The molecular weight excluding hydrogens is 448 g/mol. The molecule has 0 aliphatic carbocycles. The van der Waals surface area contributed by atoms with E-state index in [-0.39, 0.29) is 18.7 Å². The number of para-hydroxylation sites is 2. The number of hydrogen-bond donors (Lipinski definition) is 4. The third kappa shape index (κ3) is 7.95. The third-order valence-corrected chi connectivity index (χ3v) is 4.77. The molecule has 0 fully saturated rings. The lowest BCUT2D eigenvalue weighted by Crippen LogP contribution is -2.42. The van der Waals surface area contributed by atoms with Crippen LogP contribution in [0.5, 0.6) is 0 Å². The first-order valence-electron chi connectivity index (χ1n) is 10.7. The summed E-state index contributed by atoms with van der Waals surface area (Å²) in [6.07, 6.45) is 2.59. The van der Waals surface area contributed by atoms with Gasteiger partial charge >= 0.3 is 0 Å². The van der Waals surface area contributed by atoms with Crippen LogP contribution in [0.1, 0.15) is 15.9 Å². The molecule has 0 heterocycles. The Balaban J connectivity index is 1.74. The Morgan fingerprint density at radius 1 is 0.714 bits per heavy atom. The van der Waals surface area contributed by atoms with Gasteiger partial charge in [-0.3, -0.25) is 24.4 Å². The molecule has 0 saturated carbocycles. The Kier molecular flexibility index (Phi) is 8.86. The topological polar surface area (TPSA) is 128 Å². The van der Waals surface area contributed by atoms with E-state index in [1.54, 1.807) is 60.7 Å². The normalized spacial score (nSPS) is 10.4. The van der Waals surface area contributed by atoms with Crippen LogP contribution in [-0.2, 0) is 14.4 Å². The maximum atomic E-state index is 13.2. The number of carbonyl (C=O) groups is 4. The molecule has 4 N–H and O–H groups in total. The van der Waals surface area contributed by atoms with Crippen LogP contribution in [0.2, 0.25) is 0 Å². The summed E-state index contributed by atoms with van der Waals surface area (Å²) in [6.45, 7) is -0.678. The first-order chi connectivity index (χ1) is 16.9. The van der Waals surface area contributed by atoms with Crippen molar-refractivity contribution in [1.82, 2.24) is 10.4 Å². The second-order valence-corrected chi connectivity index (χ2v) is 7.42. The van der Waals surface area contributed by atoms with Crippen LogP contribution in [0.4, 0.5) is 11.4 Å². The van der Waals surface area contributed by atoms with E-state index >= 15 is 0 Å². The van der Waals surface area contributed by atoms with Crippen molar-refractivity contribution in [2.45, 2.75) is 0 Å². The minimum Gasteiger partial charge on any atom is -0.325 e. The van der Waals surface area contributed by atoms with Gasteiger partial charge in [-0.05, 0) is 48.0 Å². The van der Waals surface area contributed by atoms with Crippen LogP contribution in [0.15, 0.2) is 91.0 Å². The number of benzene rings is 3. The van der Waals surface area contributed by atoms with E-state index in [1.807, 2.05) is 12.1 Å². The smallest absolute Gasteiger partial charge is 0.267 e. The van der Waals surface area contributed by atoms with E-state index in [4.69, 9.17) is 5.21 Å². The van der Waals surface area contributed by atoms with E-state index < -0.39 is 23.6 Å². The molecule has 3 aromatic carbocycles. The lowest BCUT2D eigenvalue weighted by atomic mass is 10.1. The van der Waals surface area contributed by atoms with E-state index in [1.165, 1.54) is 23.7 Å². The fourth-order valence-corrected chi connectivity index (χ4v) is 3.12. The molecule has 3 rings (SSSR count). The van der Waals surface area contributed by atoms with Gasteiger partial charge in [0.2, 0.25) is 11.8 Å². The molecule has 35 heavy (non-hydrogen) atoms. The van der Waals surface area contributed by atoms with Gasteiger partial charge in [0.15, 0.2) is 0 Å². The van der Waals surface area contributed by atoms with Gasteiger partial charge in [0.25, 0.3) is 11.8 Å². The van der Waals surface area contributed by atoms with Crippen LogP contribution >= 0.6 is 0 Å². The van der Waals surface area contributed by atoms with E-state index in [0.29, 0.717) is 16.9 Å². The Bertz CT molecular complexity index is 1140. The van der Waals surface area contributed by atoms with Crippen LogP contribution in [0, 0.1) is 0 Å². The number of anilines is 2. The quantitative estimate of drug-likeness (QED) is 0.216. The summed E-state index contributed by atoms with van der Waals surface area (Å²) in [6, 6.07) is 23.8. The summed E-state index contributed by atoms with van der Waals surface area (Å²) in [4.78, 5) is 50.7. The summed E-state index contributed by atoms with van der Waals surface area (Å²) in [5.41, 5.74) is 3.50. The highest BCUT2D eigenvalue weighted by Crippen LogP contribution is 2.12. The molecule has 0 bridgehead atoms. The summed E-state index contributed by atoms with van der Waals surface area (Å²) < 4.78 is 0. The van der Waals surface area contributed by atoms with Gasteiger partial charge in [-0.1, -0.05) is 48.5 Å². The number of hydrogen-bond acceptors (Lipinski definition) is 5. The molecule has 9 nitrogen and oxygen atoms in total. The van der Waals surface area contributed by atoms with Crippen LogP contribution in [0.3, 0.4) is 0 Å². The van der Waals surface area contributed by atoms with E-state index in [0.717, 1.165) is 11.0 Å². The molecule has 0 spiro atoms. The largest absolute Gasteiger partial charge is 0.325 e. The lowest BCUT2D eigenvalue weighted by molar-refractivity contribution is -0.124. The summed E-state index contributed by atoms with van der Waals surface area (Å²) in [7, 11) is 0. The molecule has 4 amide bonds. The van der Waals surface area contributed by atoms with E-state index in [9.17, 15) is 19.2 Å². The number of nitrogens with zero attached hydrogens (tertiary/aromatic N) is 1. The fourth-order valence-electron chi connectivity index (χ4n) is 3.12. The van der Waals surface area contributed by atoms with Crippen molar-refractivity contribution in [3.8, 4) is 0 Å². The van der Waals surface area contributed by atoms with Crippen molar-refractivity contribution < 1.29 is 24.4 Å². The number of hydroxylamine groups is 1. The second-order valence-electron chi connectivity index (χ2n) is 7.42. The average molecular weight is 473 g/mol. The third-order valence-electron chi connectivity index (χ3n) is 4.77. The van der Waals surface area contributed by atoms with Crippen molar-refractivity contribution >= 4 is 41.1 Å². The molecular formula is C26H24N4O5. The van der Waals surface area contributed by atoms with Gasteiger partial charge in [0, 0.05) is 23.0 Å². The number of rotatable bonds is 9. The minimum atomic E-state index is -0.690. The molecule has 0 aliphatic heterocycles. The molecule has 0 aromatic heterocycles. The van der Waals surface area contributed by atoms with Gasteiger partial charge in [0.05, 0.1) is 0 Å². The molecule has 0 atom stereocenters. The molecule has 0 radical (unpaired) electrons. The van der Waals surface area contributed by atoms with Crippen molar-refractivity contribution in [1.29, 1.82) is 0 Å². The van der Waals surface area contributed by atoms with Crippen molar-refractivity contribution in [2.24, 2.45) is 0 Å².